The Bertz CT molecular complexity index is 3560. The molecular formula is C56H35N5S. The molecule has 8 aromatic carbocycles. The molecule has 0 saturated heterocycles. The molecule has 0 spiro atoms. The molecular weight excluding hydrogens is 775 g/mol. The molecule has 4 aromatic heterocycles. The van der Waals surface area contributed by atoms with E-state index in [-0.39, 0.29) is 0 Å². The van der Waals surface area contributed by atoms with Gasteiger partial charge < -0.3 is 4.57 Å². The Labute approximate surface area is 361 Å². The number of thiophene rings is 1. The van der Waals surface area contributed by atoms with E-state index < -0.39 is 0 Å². The van der Waals surface area contributed by atoms with E-state index in [1.807, 2.05) is 78.2 Å². The normalized spacial score (nSPS) is 11.5. The van der Waals surface area contributed by atoms with E-state index in [1.54, 1.807) is 0 Å². The van der Waals surface area contributed by atoms with E-state index >= 15 is 0 Å². The van der Waals surface area contributed by atoms with Gasteiger partial charge >= 0.3 is 0 Å². The topological polar surface area (TPSA) is 56.5 Å². The summed E-state index contributed by atoms with van der Waals surface area (Å²) in [6, 6.07) is 72.2. The van der Waals surface area contributed by atoms with Crippen molar-refractivity contribution >= 4 is 53.3 Å². The third-order valence-corrected chi connectivity index (χ3v) is 12.9. The van der Waals surface area contributed by atoms with Gasteiger partial charge in [-0.15, -0.1) is 11.3 Å². The standard InChI is InChI=1S/C56H35N5S/c1-5-17-36(18-6-1)42-25-13-14-26-43(42)40-33-48(56-59-54(37-19-7-2-8-20-37)58-55(60-56)38-21-9-3-10-22-38)51(57-35-40)39-29-30-45-47-32-31-46-44-27-15-16-28-49(44)61(41-23-11-4-12-24-41)52(46)53(47)62-50(45)34-39/h1-35H. The van der Waals surface area contributed by atoms with Crippen molar-refractivity contribution in [2.75, 3.05) is 0 Å². The molecule has 12 rings (SSSR count). The second-order valence-corrected chi connectivity index (χ2v) is 16.5. The zero-order valence-electron chi connectivity index (χ0n) is 33.4. The molecule has 5 nitrogen and oxygen atoms in total. The van der Waals surface area contributed by atoms with Crippen molar-refractivity contribution in [3.63, 3.8) is 0 Å². The number of nitrogens with zero attached hydrogens (tertiary/aromatic N) is 5. The quantitative estimate of drug-likeness (QED) is 0.161. The Morgan fingerprint density at radius 2 is 0.919 bits per heavy atom. The van der Waals surface area contributed by atoms with Crippen molar-refractivity contribution in [2.45, 2.75) is 0 Å². The summed E-state index contributed by atoms with van der Waals surface area (Å²) in [6.07, 6.45) is 2.00. The van der Waals surface area contributed by atoms with Crippen LogP contribution in [0.25, 0.3) is 115 Å². The van der Waals surface area contributed by atoms with Crippen LogP contribution in [0.1, 0.15) is 0 Å². The first-order valence-corrected chi connectivity index (χ1v) is 21.5. The maximum absolute atomic E-state index is 5.33. The van der Waals surface area contributed by atoms with Crippen LogP contribution in [0.15, 0.2) is 212 Å². The van der Waals surface area contributed by atoms with Crippen molar-refractivity contribution in [3.05, 3.63) is 212 Å². The minimum absolute atomic E-state index is 0.560. The molecule has 0 radical (unpaired) electrons. The second kappa shape index (κ2) is 14.9. The largest absolute Gasteiger partial charge is 0.308 e. The number of fused-ring (bicyclic) bond motifs is 7. The fourth-order valence-electron chi connectivity index (χ4n) is 8.82. The molecule has 0 fully saturated rings. The zero-order valence-corrected chi connectivity index (χ0v) is 34.2. The van der Waals surface area contributed by atoms with Gasteiger partial charge in [-0.3, -0.25) is 4.98 Å². The lowest BCUT2D eigenvalue weighted by Crippen LogP contribution is -2.02. The molecule has 0 aliphatic rings. The molecule has 0 amide bonds. The number of para-hydroxylation sites is 2. The number of aromatic nitrogens is 5. The van der Waals surface area contributed by atoms with Gasteiger partial charge in [0.1, 0.15) is 0 Å². The SMILES string of the molecule is c1ccc(-c2nc(-c3ccccc3)nc(-c3cc(-c4ccccc4-c4ccccc4)cnc3-c3ccc4c(c3)sc3c4ccc4c5ccccc5n(-c5ccccc5)c43)n2)cc1. The Morgan fingerprint density at radius 3 is 1.61 bits per heavy atom. The molecule has 0 saturated carbocycles. The molecule has 6 heteroatoms. The number of benzene rings is 8. The van der Waals surface area contributed by atoms with E-state index in [0.29, 0.717) is 17.5 Å². The summed E-state index contributed by atoms with van der Waals surface area (Å²) < 4.78 is 4.87. The van der Waals surface area contributed by atoms with Crippen molar-refractivity contribution in [1.29, 1.82) is 0 Å². The third-order valence-electron chi connectivity index (χ3n) is 11.7. The van der Waals surface area contributed by atoms with Crippen molar-refractivity contribution in [3.8, 4) is 73.4 Å². The van der Waals surface area contributed by atoms with Crippen LogP contribution in [0, 0.1) is 0 Å². The van der Waals surface area contributed by atoms with Crippen LogP contribution >= 0.6 is 11.3 Å². The van der Waals surface area contributed by atoms with Gasteiger partial charge in [-0.05, 0) is 47.0 Å². The van der Waals surface area contributed by atoms with Crippen LogP contribution in [-0.2, 0) is 0 Å². The average molecular weight is 810 g/mol. The highest BCUT2D eigenvalue weighted by Crippen LogP contribution is 2.45. The molecule has 12 aromatic rings. The van der Waals surface area contributed by atoms with Crippen molar-refractivity contribution in [1.82, 2.24) is 24.5 Å². The van der Waals surface area contributed by atoms with Gasteiger partial charge in [0.05, 0.1) is 21.4 Å². The van der Waals surface area contributed by atoms with Crippen LogP contribution in [0.5, 0.6) is 0 Å². The number of hydrogen-bond acceptors (Lipinski definition) is 5. The van der Waals surface area contributed by atoms with Gasteiger partial charge in [-0.2, -0.15) is 0 Å². The summed E-state index contributed by atoms with van der Waals surface area (Å²) in [7, 11) is 0. The van der Waals surface area contributed by atoms with Gasteiger partial charge in [0.2, 0.25) is 0 Å². The van der Waals surface area contributed by atoms with Crippen LogP contribution < -0.4 is 0 Å². The highest BCUT2D eigenvalue weighted by molar-refractivity contribution is 7.26. The number of hydrogen-bond donors (Lipinski definition) is 0. The fraction of sp³-hybridized carbons (Fsp3) is 0. The summed E-state index contributed by atoms with van der Waals surface area (Å²) in [4.78, 5) is 20.8. The smallest absolute Gasteiger partial charge is 0.166 e. The Balaban J connectivity index is 1.10. The van der Waals surface area contributed by atoms with Gasteiger partial charge in [0.15, 0.2) is 17.5 Å². The average Bonchev–Trinajstić information content (AvgIpc) is 3.90. The predicted molar refractivity (Wildman–Crippen MR) is 257 cm³/mol. The van der Waals surface area contributed by atoms with Gasteiger partial charge in [0.25, 0.3) is 0 Å². The highest BCUT2D eigenvalue weighted by atomic mass is 32.1. The first kappa shape index (κ1) is 35.8. The van der Waals surface area contributed by atoms with Gasteiger partial charge in [-0.25, -0.2) is 15.0 Å². The maximum atomic E-state index is 5.33. The highest BCUT2D eigenvalue weighted by Gasteiger charge is 2.22. The van der Waals surface area contributed by atoms with E-state index in [9.17, 15) is 0 Å². The summed E-state index contributed by atoms with van der Waals surface area (Å²) in [5.74, 6) is 1.77. The summed E-state index contributed by atoms with van der Waals surface area (Å²) >= 11 is 1.83. The first-order chi connectivity index (χ1) is 30.7. The van der Waals surface area contributed by atoms with E-state index in [4.69, 9.17) is 19.9 Å². The number of pyridine rings is 1. The molecule has 0 unspecified atom stereocenters. The molecule has 0 atom stereocenters. The Hall–Kier alpha value is -8.06. The molecule has 62 heavy (non-hydrogen) atoms. The van der Waals surface area contributed by atoms with Gasteiger partial charge in [0, 0.05) is 65.9 Å². The lowest BCUT2D eigenvalue weighted by Gasteiger charge is -2.15. The summed E-state index contributed by atoms with van der Waals surface area (Å²) in [5, 5.41) is 4.95. The monoisotopic (exact) mass is 809 g/mol. The van der Waals surface area contributed by atoms with Crippen LogP contribution in [0.2, 0.25) is 0 Å². The fourth-order valence-corrected chi connectivity index (χ4v) is 10.1. The first-order valence-electron chi connectivity index (χ1n) is 20.7. The summed E-state index contributed by atoms with van der Waals surface area (Å²) in [5.41, 5.74) is 12.4. The number of rotatable bonds is 7. The van der Waals surface area contributed by atoms with Crippen LogP contribution in [-0.4, -0.2) is 24.5 Å². The van der Waals surface area contributed by atoms with Crippen molar-refractivity contribution in [2.24, 2.45) is 0 Å². The van der Waals surface area contributed by atoms with E-state index in [2.05, 4.69) is 150 Å². The van der Waals surface area contributed by atoms with Crippen molar-refractivity contribution < 1.29 is 0 Å². The molecule has 4 heterocycles. The minimum atomic E-state index is 0.560. The lowest BCUT2D eigenvalue weighted by molar-refractivity contribution is 1.07. The van der Waals surface area contributed by atoms with E-state index in [0.717, 1.165) is 55.9 Å². The van der Waals surface area contributed by atoms with Crippen LogP contribution in [0.4, 0.5) is 0 Å². The molecule has 290 valence electrons. The van der Waals surface area contributed by atoms with E-state index in [1.165, 1.54) is 42.0 Å². The molecule has 0 bridgehead atoms. The minimum Gasteiger partial charge on any atom is -0.308 e. The summed E-state index contributed by atoms with van der Waals surface area (Å²) in [6.45, 7) is 0. The zero-order chi connectivity index (χ0) is 41.0. The predicted octanol–water partition coefficient (Wildman–Crippen LogP) is 14.7. The third kappa shape index (κ3) is 6.08. The molecule has 0 aliphatic carbocycles. The van der Waals surface area contributed by atoms with Gasteiger partial charge in [-0.1, -0.05) is 176 Å². The second-order valence-electron chi connectivity index (χ2n) is 15.4. The Morgan fingerprint density at radius 1 is 0.371 bits per heavy atom. The maximum Gasteiger partial charge on any atom is 0.166 e. The molecule has 0 aliphatic heterocycles. The molecule has 0 N–H and O–H groups in total. The van der Waals surface area contributed by atoms with Crippen LogP contribution in [0.3, 0.4) is 0 Å². The lowest BCUT2D eigenvalue weighted by atomic mass is 9.93. The Kier molecular flexibility index (Phi) is 8.61.